The van der Waals surface area contributed by atoms with Crippen LogP contribution in [0.3, 0.4) is 0 Å². The fourth-order valence-electron chi connectivity index (χ4n) is 2.65. The molecule has 3 aromatic rings. The smallest absolute Gasteiger partial charge is 0.251 e. The molecule has 0 fully saturated rings. The molecule has 148 valence electrons. The minimum atomic E-state index is -0.583. The molecule has 2 amide bonds. The van der Waals surface area contributed by atoms with Gasteiger partial charge in [-0.1, -0.05) is 12.1 Å². The molecule has 0 bridgehead atoms. The summed E-state index contributed by atoms with van der Waals surface area (Å²) in [5.41, 5.74) is 9.19. The zero-order valence-electron chi connectivity index (χ0n) is 16.3. The van der Waals surface area contributed by atoms with Gasteiger partial charge in [-0.2, -0.15) is 0 Å². The highest BCUT2D eigenvalue weighted by molar-refractivity contribution is 5.96. The van der Waals surface area contributed by atoms with Crippen LogP contribution in [0.15, 0.2) is 48.8 Å². The van der Waals surface area contributed by atoms with Crippen LogP contribution in [0.4, 0.5) is 5.82 Å². The number of hydrogen-bond acceptors (Lipinski definition) is 6. The summed E-state index contributed by atoms with van der Waals surface area (Å²) in [6.07, 6.45) is 3.44. The molecule has 0 saturated carbocycles. The maximum absolute atomic E-state index is 11.9. The van der Waals surface area contributed by atoms with E-state index in [0.717, 1.165) is 28.2 Å². The molecular formula is C21H22N6O2. The number of pyridine rings is 1. The quantitative estimate of drug-likeness (QED) is 0.567. The Labute approximate surface area is 168 Å². The van der Waals surface area contributed by atoms with Crippen LogP contribution in [0, 0.1) is 13.8 Å². The van der Waals surface area contributed by atoms with E-state index in [1.165, 1.54) is 0 Å². The van der Waals surface area contributed by atoms with Crippen LogP contribution in [-0.4, -0.2) is 33.3 Å². The minimum Gasteiger partial charge on any atom is -0.368 e. The number of benzene rings is 1. The molecule has 0 aliphatic heterocycles. The van der Waals surface area contributed by atoms with E-state index in [2.05, 4.69) is 25.6 Å². The largest absolute Gasteiger partial charge is 0.368 e. The van der Waals surface area contributed by atoms with E-state index in [1.54, 1.807) is 24.5 Å². The molecule has 0 unspecified atom stereocenters. The van der Waals surface area contributed by atoms with Crippen LogP contribution >= 0.6 is 0 Å². The lowest BCUT2D eigenvalue weighted by Crippen LogP contribution is -2.33. The van der Waals surface area contributed by atoms with E-state index in [9.17, 15) is 9.59 Å². The number of hydrogen-bond donors (Lipinski definition) is 3. The van der Waals surface area contributed by atoms with Crippen LogP contribution in [0.2, 0.25) is 0 Å². The standard InChI is InChI=1S/C21H22N6O2/c1-13-14(2)26-20(17-4-3-9-23-11-17)27-19(13)24-10-15-5-7-16(8-6-15)21(29)25-12-18(22)28/h3-9,11H,10,12H2,1-2H3,(H2,22,28)(H,25,29)(H,24,26,27). The summed E-state index contributed by atoms with van der Waals surface area (Å²) in [5, 5.41) is 5.80. The predicted octanol–water partition coefficient (Wildman–Crippen LogP) is 1.98. The highest BCUT2D eigenvalue weighted by Crippen LogP contribution is 2.21. The van der Waals surface area contributed by atoms with Crippen LogP contribution in [0.1, 0.15) is 27.2 Å². The average Bonchev–Trinajstić information content (AvgIpc) is 2.74. The van der Waals surface area contributed by atoms with Gasteiger partial charge in [0.25, 0.3) is 5.91 Å². The lowest BCUT2D eigenvalue weighted by atomic mass is 10.1. The summed E-state index contributed by atoms with van der Waals surface area (Å²) in [5.74, 6) is 0.442. The molecule has 3 rings (SSSR count). The number of anilines is 1. The van der Waals surface area contributed by atoms with Crippen molar-refractivity contribution < 1.29 is 9.59 Å². The van der Waals surface area contributed by atoms with Gasteiger partial charge in [-0.25, -0.2) is 9.97 Å². The number of primary amides is 1. The van der Waals surface area contributed by atoms with E-state index in [-0.39, 0.29) is 12.5 Å². The summed E-state index contributed by atoms with van der Waals surface area (Å²) in [4.78, 5) is 36.0. The van der Waals surface area contributed by atoms with Crippen molar-refractivity contribution in [2.75, 3.05) is 11.9 Å². The number of nitrogens with one attached hydrogen (secondary N) is 2. The number of amides is 2. The van der Waals surface area contributed by atoms with Gasteiger partial charge in [0.1, 0.15) is 5.82 Å². The zero-order valence-corrected chi connectivity index (χ0v) is 16.3. The number of aromatic nitrogens is 3. The van der Waals surface area contributed by atoms with E-state index in [0.29, 0.717) is 17.9 Å². The highest BCUT2D eigenvalue weighted by Gasteiger charge is 2.10. The summed E-state index contributed by atoms with van der Waals surface area (Å²) >= 11 is 0. The van der Waals surface area contributed by atoms with Gasteiger partial charge in [0.2, 0.25) is 5.91 Å². The van der Waals surface area contributed by atoms with Crippen molar-refractivity contribution in [3.8, 4) is 11.4 Å². The summed E-state index contributed by atoms with van der Waals surface area (Å²) in [7, 11) is 0. The molecule has 2 heterocycles. The Morgan fingerprint density at radius 2 is 1.83 bits per heavy atom. The van der Waals surface area contributed by atoms with Crippen molar-refractivity contribution in [2.45, 2.75) is 20.4 Å². The Hall–Kier alpha value is -3.81. The second-order valence-corrected chi connectivity index (χ2v) is 6.55. The second-order valence-electron chi connectivity index (χ2n) is 6.55. The van der Waals surface area contributed by atoms with Gasteiger partial charge >= 0.3 is 0 Å². The number of nitrogens with zero attached hydrogens (tertiary/aromatic N) is 3. The Kier molecular flexibility index (Phi) is 6.13. The summed E-state index contributed by atoms with van der Waals surface area (Å²) < 4.78 is 0. The van der Waals surface area contributed by atoms with Crippen LogP contribution in [0.5, 0.6) is 0 Å². The number of aryl methyl sites for hydroxylation is 1. The van der Waals surface area contributed by atoms with Gasteiger partial charge in [-0.05, 0) is 43.7 Å². The summed E-state index contributed by atoms with van der Waals surface area (Å²) in [6.45, 7) is 4.26. The molecule has 29 heavy (non-hydrogen) atoms. The third-order valence-electron chi connectivity index (χ3n) is 4.41. The van der Waals surface area contributed by atoms with E-state index >= 15 is 0 Å². The van der Waals surface area contributed by atoms with Gasteiger partial charge in [-0.15, -0.1) is 0 Å². The molecule has 0 atom stereocenters. The fourth-order valence-corrected chi connectivity index (χ4v) is 2.65. The molecule has 2 aromatic heterocycles. The number of rotatable bonds is 7. The molecule has 0 aliphatic rings. The van der Waals surface area contributed by atoms with E-state index in [1.807, 2.05) is 38.1 Å². The molecule has 8 heteroatoms. The van der Waals surface area contributed by atoms with Crippen molar-refractivity contribution in [3.05, 3.63) is 71.2 Å². The third-order valence-corrected chi connectivity index (χ3v) is 4.41. The maximum atomic E-state index is 11.9. The molecule has 0 radical (unpaired) electrons. The zero-order chi connectivity index (χ0) is 20.8. The Balaban J connectivity index is 1.70. The SMILES string of the molecule is Cc1nc(-c2cccnc2)nc(NCc2ccc(C(=O)NCC(N)=O)cc2)c1C. The van der Waals surface area contributed by atoms with Crippen molar-refractivity contribution in [3.63, 3.8) is 0 Å². The molecular weight excluding hydrogens is 368 g/mol. The monoisotopic (exact) mass is 390 g/mol. The van der Waals surface area contributed by atoms with Gasteiger partial charge < -0.3 is 16.4 Å². The lowest BCUT2D eigenvalue weighted by molar-refractivity contribution is -0.117. The topological polar surface area (TPSA) is 123 Å². The van der Waals surface area contributed by atoms with Crippen molar-refractivity contribution in [1.82, 2.24) is 20.3 Å². The first kappa shape index (κ1) is 19.9. The van der Waals surface area contributed by atoms with Crippen molar-refractivity contribution >= 4 is 17.6 Å². The number of carbonyl (C=O) groups is 2. The minimum absolute atomic E-state index is 0.187. The molecule has 0 spiro atoms. The van der Waals surface area contributed by atoms with Crippen LogP contribution in [-0.2, 0) is 11.3 Å². The van der Waals surface area contributed by atoms with Gasteiger partial charge in [0.05, 0.1) is 6.54 Å². The van der Waals surface area contributed by atoms with Crippen LogP contribution < -0.4 is 16.4 Å². The van der Waals surface area contributed by atoms with Crippen molar-refractivity contribution in [1.29, 1.82) is 0 Å². The van der Waals surface area contributed by atoms with E-state index < -0.39 is 5.91 Å². The predicted molar refractivity (Wildman–Crippen MR) is 110 cm³/mol. The third kappa shape index (κ3) is 5.13. The molecule has 0 aliphatic carbocycles. The second kappa shape index (κ2) is 8.92. The number of nitrogens with two attached hydrogens (primary N) is 1. The first-order chi connectivity index (χ1) is 13.9. The summed E-state index contributed by atoms with van der Waals surface area (Å²) in [6, 6.07) is 10.9. The van der Waals surface area contributed by atoms with Gasteiger partial charge in [-0.3, -0.25) is 14.6 Å². The van der Waals surface area contributed by atoms with E-state index in [4.69, 9.17) is 5.73 Å². The molecule has 8 nitrogen and oxygen atoms in total. The van der Waals surface area contributed by atoms with Gasteiger partial charge in [0, 0.05) is 41.3 Å². The fraction of sp³-hybridized carbons (Fsp3) is 0.190. The highest BCUT2D eigenvalue weighted by atomic mass is 16.2. The number of carbonyl (C=O) groups excluding carboxylic acids is 2. The normalized spacial score (nSPS) is 10.4. The maximum Gasteiger partial charge on any atom is 0.251 e. The molecule has 1 aromatic carbocycles. The molecule has 4 N–H and O–H groups in total. The van der Waals surface area contributed by atoms with Crippen LogP contribution in [0.25, 0.3) is 11.4 Å². The lowest BCUT2D eigenvalue weighted by Gasteiger charge is -2.13. The first-order valence-electron chi connectivity index (χ1n) is 9.09. The van der Waals surface area contributed by atoms with Gasteiger partial charge in [0.15, 0.2) is 5.82 Å². The molecule has 0 saturated heterocycles. The average molecular weight is 390 g/mol. The Morgan fingerprint density at radius 3 is 2.48 bits per heavy atom. The Morgan fingerprint density at radius 1 is 1.07 bits per heavy atom. The van der Waals surface area contributed by atoms with Crippen molar-refractivity contribution in [2.24, 2.45) is 5.73 Å². The Bertz CT molecular complexity index is 1020. The first-order valence-corrected chi connectivity index (χ1v) is 9.09.